The minimum absolute atomic E-state index is 0.0950. The van der Waals surface area contributed by atoms with Gasteiger partial charge in [0.25, 0.3) is 5.91 Å². The van der Waals surface area contributed by atoms with Crippen molar-refractivity contribution >= 4 is 12.3 Å². The Hall–Kier alpha value is -2.81. The molecule has 0 atom stereocenters. The SMILES string of the molecule is N#C/C(=C/N1CCN(C=O)CC1)C(=O)NCCc1ccccc1. The van der Waals surface area contributed by atoms with E-state index in [1.165, 1.54) is 0 Å². The second kappa shape index (κ2) is 8.59. The smallest absolute Gasteiger partial charge is 0.263 e. The zero-order valence-corrected chi connectivity index (χ0v) is 12.9. The summed E-state index contributed by atoms with van der Waals surface area (Å²) in [5.41, 5.74) is 1.23. The number of carbonyl (C=O) groups excluding carboxylic acids is 2. The molecular weight excluding hydrogens is 292 g/mol. The number of nitrogens with zero attached hydrogens (tertiary/aromatic N) is 3. The largest absolute Gasteiger partial charge is 0.373 e. The highest BCUT2D eigenvalue weighted by Gasteiger charge is 2.15. The number of piperazine rings is 1. The molecule has 1 aliphatic heterocycles. The fourth-order valence-electron chi connectivity index (χ4n) is 2.35. The number of hydrogen-bond donors (Lipinski definition) is 1. The monoisotopic (exact) mass is 312 g/mol. The number of carbonyl (C=O) groups is 2. The molecule has 23 heavy (non-hydrogen) atoms. The van der Waals surface area contributed by atoms with E-state index in [1.54, 1.807) is 11.1 Å². The van der Waals surface area contributed by atoms with Gasteiger partial charge in [-0.2, -0.15) is 5.26 Å². The molecule has 1 heterocycles. The van der Waals surface area contributed by atoms with Crippen molar-refractivity contribution in [2.24, 2.45) is 0 Å². The molecule has 0 spiro atoms. The van der Waals surface area contributed by atoms with E-state index >= 15 is 0 Å². The van der Waals surface area contributed by atoms with Gasteiger partial charge in [0, 0.05) is 38.9 Å². The van der Waals surface area contributed by atoms with E-state index < -0.39 is 0 Å². The third kappa shape index (κ3) is 5.15. The molecule has 1 aliphatic rings. The molecule has 1 aromatic carbocycles. The predicted molar refractivity (Wildman–Crippen MR) is 86.1 cm³/mol. The molecule has 1 fully saturated rings. The summed E-state index contributed by atoms with van der Waals surface area (Å²) < 4.78 is 0. The highest BCUT2D eigenvalue weighted by molar-refractivity contribution is 5.97. The molecule has 0 radical (unpaired) electrons. The second-order valence-electron chi connectivity index (χ2n) is 5.32. The maximum absolute atomic E-state index is 12.1. The van der Waals surface area contributed by atoms with Crippen LogP contribution in [0.3, 0.4) is 0 Å². The molecule has 2 rings (SSSR count). The summed E-state index contributed by atoms with van der Waals surface area (Å²) in [4.78, 5) is 26.3. The number of hydrogen-bond acceptors (Lipinski definition) is 4. The van der Waals surface area contributed by atoms with Crippen LogP contribution in [0.2, 0.25) is 0 Å². The van der Waals surface area contributed by atoms with Crippen LogP contribution in [0, 0.1) is 11.3 Å². The second-order valence-corrected chi connectivity index (χ2v) is 5.32. The molecule has 0 aromatic heterocycles. The molecule has 1 N–H and O–H groups in total. The van der Waals surface area contributed by atoms with Crippen molar-refractivity contribution < 1.29 is 9.59 Å². The third-order valence-corrected chi connectivity index (χ3v) is 3.72. The van der Waals surface area contributed by atoms with Crippen LogP contribution in [0.1, 0.15) is 5.56 Å². The first-order valence-corrected chi connectivity index (χ1v) is 7.60. The first-order valence-electron chi connectivity index (χ1n) is 7.60. The highest BCUT2D eigenvalue weighted by Crippen LogP contribution is 2.04. The minimum Gasteiger partial charge on any atom is -0.373 e. The van der Waals surface area contributed by atoms with Gasteiger partial charge in [-0.05, 0) is 12.0 Å². The Balaban J connectivity index is 1.82. The first-order chi connectivity index (χ1) is 11.2. The summed E-state index contributed by atoms with van der Waals surface area (Å²) in [6.45, 7) is 2.95. The van der Waals surface area contributed by atoms with Gasteiger partial charge in [0.1, 0.15) is 11.6 Å². The van der Waals surface area contributed by atoms with Gasteiger partial charge in [0.2, 0.25) is 6.41 Å². The average molecular weight is 312 g/mol. The third-order valence-electron chi connectivity index (χ3n) is 3.72. The lowest BCUT2D eigenvalue weighted by molar-refractivity contribution is -0.119. The molecule has 120 valence electrons. The maximum atomic E-state index is 12.1. The maximum Gasteiger partial charge on any atom is 0.263 e. The van der Waals surface area contributed by atoms with Crippen molar-refractivity contribution in [1.82, 2.24) is 15.1 Å². The van der Waals surface area contributed by atoms with Crippen molar-refractivity contribution in [2.75, 3.05) is 32.7 Å². The Labute approximate surface area is 136 Å². The normalized spacial score (nSPS) is 15.0. The van der Waals surface area contributed by atoms with Crippen LogP contribution in [0.5, 0.6) is 0 Å². The Morgan fingerprint density at radius 1 is 1.17 bits per heavy atom. The lowest BCUT2D eigenvalue weighted by atomic mass is 10.1. The average Bonchev–Trinajstić information content (AvgIpc) is 2.61. The summed E-state index contributed by atoms with van der Waals surface area (Å²) >= 11 is 0. The Kier molecular flexibility index (Phi) is 6.18. The number of nitriles is 1. The number of nitrogens with one attached hydrogen (secondary N) is 1. The van der Waals surface area contributed by atoms with Crippen LogP contribution in [0.25, 0.3) is 0 Å². The Morgan fingerprint density at radius 3 is 2.43 bits per heavy atom. The van der Waals surface area contributed by atoms with E-state index in [4.69, 9.17) is 5.26 Å². The molecule has 0 unspecified atom stereocenters. The lowest BCUT2D eigenvalue weighted by Crippen LogP contribution is -2.43. The van der Waals surface area contributed by atoms with E-state index in [9.17, 15) is 9.59 Å². The quantitative estimate of drug-likeness (QED) is 0.472. The van der Waals surface area contributed by atoms with E-state index in [1.807, 2.05) is 41.3 Å². The highest BCUT2D eigenvalue weighted by atomic mass is 16.1. The molecule has 1 aromatic rings. The van der Waals surface area contributed by atoms with Crippen molar-refractivity contribution in [2.45, 2.75) is 6.42 Å². The van der Waals surface area contributed by atoms with Crippen molar-refractivity contribution in [1.29, 1.82) is 5.26 Å². The topological polar surface area (TPSA) is 76.4 Å². The fourth-order valence-corrected chi connectivity index (χ4v) is 2.35. The van der Waals surface area contributed by atoms with Gasteiger partial charge >= 0.3 is 0 Å². The van der Waals surface area contributed by atoms with Crippen molar-refractivity contribution in [3.05, 3.63) is 47.7 Å². The van der Waals surface area contributed by atoms with Gasteiger partial charge in [-0.15, -0.1) is 0 Å². The van der Waals surface area contributed by atoms with Gasteiger partial charge in [0.15, 0.2) is 0 Å². The van der Waals surface area contributed by atoms with E-state index in [0.717, 1.165) is 18.4 Å². The minimum atomic E-state index is -0.360. The molecule has 6 heteroatoms. The van der Waals surface area contributed by atoms with E-state index in [0.29, 0.717) is 32.7 Å². The predicted octanol–water partition coefficient (Wildman–Crippen LogP) is 0.527. The van der Waals surface area contributed by atoms with E-state index in [-0.39, 0.29) is 11.5 Å². The van der Waals surface area contributed by atoms with Crippen LogP contribution in [0.15, 0.2) is 42.1 Å². The number of benzene rings is 1. The van der Waals surface area contributed by atoms with Crippen LogP contribution >= 0.6 is 0 Å². The standard InChI is InChI=1S/C17H20N4O2/c18-12-16(13-20-8-10-21(14-22)11-9-20)17(23)19-7-6-15-4-2-1-3-5-15/h1-5,13-14H,6-11H2,(H,19,23)/b16-13-. The Bertz CT molecular complexity index is 599. The van der Waals surface area contributed by atoms with Crippen molar-refractivity contribution in [3.63, 3.8) is 0 Å². The van der Waals surface area contributed by atoms with Crippen LogP contribution < -0.4 is 5.32 Å². The Morgan fingerprint density at radius 2 is 1.83 bits per heavy atom. The van der Waals surface area contributed by atoms with Crippen LogP contribution in [-0.2, 0) is 16.0 Å². The molecule has 0 bridgehead atoms. The fraction of sp³-hybridized carbons (Fsp3) is 0.353. The lowest BCUT2D eigenvalue weighted by Gasteiger charge is -2.31. The summed E-state index contributed by atoms with van der Waals surface area (Å²) in [7, 11) is 0. The van der Waals surface area contributed by atoms with Crippen molar-refractivity contribution in [3.8, 4) is 6.07 Å². The molecule has 1 saturated heterocycles. The zero-order valence-electron chi connectivity index (χ0n) is 12.9. The summed E-state index contributed by atoms with van der Waals surface area (Å²) in [5.74, 6) is -0.360. The molecule has 2 amide bonds. The van der Waals surface area contributed by atoms with Gasteiger partial charge in [0.05, 0.1) is 0 Å². The molecule has 0 saturated carbocycles. The van der Waals surface area contributed by atoms with Gasteiger partial charge in [-0.1, -0.05) is 30.3 Å². The zero-order chi connectivity index (χ0) is 16.5. The molecule has 0 aliphatic carbocycles. The van der Waals surface area contributed by atoms with Gasteiger partial charge in [-0.3, -0.25) is 9.59 Å². The molecular formula is C17H20N4O2. The number of rotatable bonds is 6. The summed E-state index contributed by atoms with van der Waals surface area (Å²) in [6, 6.07) is 11.8. The first kappa shape index (κ1) is 16.6. The number of amides is 2. The van der Waals surface area contributed by atoms with Gasteiger partial charge in [-0.25, -0.2) is 0 Å². The molecule has 6 nitrogen and oxygen atoms in total. The van der Waals surface area contributed by atoms with E-state index in [2.05, 4.69) is 5.32 Å². The van der Waals surface area contributed by atoms with Gasteiger partial charge < -0.3 is 15.1 Å². The van der Waals surface area contributed by atoms with Crippen LogP contribution in [0.4, 0.5) is 0 Å². The summed E-state index contributed by atoms with van der Waals surface area (Å²) in [5, 5.41) is 11.9. The summed E-state index contributed by atoms with van der Waals surface area (Å²) in [6.07, 6.45) is 3.13. The van der Waals surface area contributed by atoms with Crippen LogP contribution in [-0.4, -0.2) is 54.8 Å².